The summed E-state index contributed by atoms with van der Waals surface area (Å²) < 4.78 is 5.79. The zero-order chi connectivity index (χ0) is 14.1. The normalized spacial score (nSPS) is 11.8. The number of halogens is 1. The molecule has 0 atom stereocenters. The van der Waals surface area contributed by atoms with Crippen LogP contribution in [0.2, 0.25) is 5.02 Å². The predicted molar refractivity (Wildman–Crippen MR) is 85.6 cm³/mol. The highest BCUT2D eigenvalue weighted by Gasteiger charge is 2.11. The summed E-state index contributed by atoms with van der Waals surface area (Å²) >= 11 is 6.39. The minimum absolute atomic E-state index is 0.498. The van der Waals surface area contributed by atoms with Gasteiger partial charge in [-0.15, -0.1) is 0 Å². The van der Waals surface area contributed by atoms with Crippen molar-refractivity contribution < 1.29 is 4.42 Å². The Morgan fingerprint density at radius 2 is 1.90 bits per heavy atom. The smallest absolute Gasteiger partial charge is 0.142 e. The van der Waals surface area contributed by atoms with Gasteiger partial charge in [0.1, 0.15) is 5.58 Å². The van der Waals surface area contributed by atoms with Crippen LogP contribution in [0.4, 0.5) is 0 Å². The van der Waals surface area contributed by atoms with Gasteiger partial charge in [-0.05, 0) is 24.6 Å². The Bertz CT molecular complexity index is 745. The van der Waals surface area contributed by atoms with Crippen LogP contribution in [0.15, 0.2) is 41.0 Å². The van der Waals surface area contributed by atoms with E-state index in [-0.39, 0.29) is 0 Å². The van der Waals surface area contributed by atoms with Crippen LogP contribution in [0, 0.1) is 0 Å². The molecule has 1 aromatic heterocycles. The van der Waals surface area contributed by atoms with Crippen molar-refractivity contribution in [1.82, 2.24) is 5.32 Å². The molecule has 0 bridgehead atoms. The lowest BCUT2D eigenvalue weighted by Gasteiger charge is -2.07. The molecule has 0 aliphatic carbocycles. The van der Waals surface area contributed by atoms with E-state index in [0.717, 1.165) is 39.7 Å². The number of fused-ring (bicyclic) bond motifs is 3. The molecule has 3 aromatic rings. The second-order valence-electron chi connectivity index (χ2n) is 5.40. The molecule has 0 fully saturated rings. The first-order valence-electron chi connectivity index (χ1n) is 6.97. The maximum absolute atomic E-state index is 6.39. The van der Waals surface area contributed by atoms with Gasteiger partial charge in [-0.2, -0.15) is 0 Å². The first-order chi connectivity index (χ1) is 9.66. The Morgan fingerprint density at radius 3 is 2.65 bits per heavy atom. The summed E-state index contributed by atoms with van der Waals surface area (Å²) in [5.41, 5.74) is 2.14. The maximum atomic E-state index is 6.39. The Labute approximate surface area is 123 Å². The van der Waals surface area contributed by atoms with Crippen molar-refractivity contribution in [3.8, 4) is 0 Å². The number of hydrogen-bond acceptors (Lipinski definition) is 2. The van der Waals surface area contributed by atoms with Gasteiger partial charge in [0, 0.05) is 27.2 Å². The predicted octanol–water partition coefficient (Wildman–Crippen LogP) is 4.78. The molecule has 0 unspecified atom stereocenters. The monoisotopic (exact) mass is 287 g/mol. The van der Waals surface area contributed by atoms with Crippen molar-refractivity contribution in [1.29, 1.82) is 0 Å². The van der Waals surface area contributed by atoms with E-state index >= 15 is 0 Å². The van der Waals surface area contributed by atoms with E-state index in [1.54, 1.807) is 0 Å². The first-order valence-corrected chi connectivity index (χ1v) is 7.35. The fourth-order valence-corrected chi connectivity index (χ4v) is 2.83. The molecule has 0 radical (unpaired) electrons. The van der Waals surface area contributed by atoms with Gasteiger partial charge in [0.2, 0.25) is 0 Å². The summed E-state index contributed by atoms with van der Waals surface area (Å²) in [5, 5.41) is 7.46. The van der Waals surface area contributed by atoms with Gasteiger partial charge in [0.05, 0.1) is 6.26 Å². The molecule has 1 heterocycles. The standard InChI is InChI=1S/C17H18ClNO/c1-11(2)19-8-7-12-10-20-17-14-6-4-3-5-13(14)16(18)9-15(12)17/h3-6,9-11,19H,7-8H2,1-2H3. The van der Waals surface area contributed by atoms with Gasteiger partial charge in [0.25, 0.3) is 0 Å². The van der Waals surface area contributed by atoms with Gasteiger partial charge < -0.3 is 9.73 Å². The van der Waals surface area contributed by atoms with E-state index in [1.165, 1.54) is 5.56 Å². The molecule has 0 aliphatic heterocycles. The summed E-state index contributed by atoms with van der Waals surface area (Å²) in [5.74, 6) is 0. The molecule has 0 spiro atoms. The number of nitrogens with one attached hydrogen (secondary N) is 1. The van der Waals surface area contributed by atoms with Gasteiger partial charge >= 0.3 is 0 Å². The van der Waals surface area contributed by atoms with Crippen LogP contribution < -0.4 is 5.32 Å². The number of benzene rings is 2. The van der Waals surface area contributed by atoms with E-state index < -0.39 is 0 Å². The minimum Gasteiger partial charge on any atom is -0.463 e. The third kappa shape index (κ3) is 2.41. The zero-order valence-electron chi connectivity index (χ0n) is 11.7. The molecular formula is C17H18ClNO. The van der Waals surface area contributed by atoms with E-state index in [9.17, 15) is 0 Å². The Kier molecular flexibility index (Phi) is 3.68. The summed E-state index contributed by atoms with van der Waals surface area (Å²) in [4.78, 5) is 0. The number of furan rings is 1. The third-order valence-corrected chi connectivity index (χ3v) is 3.87. The highest BCUT2D eigenvalue weighted by molar-refractivity contribution is 6.37. The quantitative estimate of drug-likeness (QED) is 0.747. The average molecular weight is 288 g/mol. The van der Waals surface area contributed by atoms with Crippen LogP contribution in [-0.4, -0.2) is 12.6 Å². The Hall–Kier alpha value is -1.51. The van der Waals surface area contributed by atoms with Crippen LogP contribution in [-0.2, 0) is 6.42 Å². The molecule has 1 N–H and O–H groups in total. The van der Waals surface area contributed by atoms with Crippen molar-refractivity contribution >= 4 is 33.3 Å². The van der Waals surface area contributed by atoms with E-state index in [2.05, 4.69) is 25.2 Å². The van der Waals surface area contributed by atoms with Gasteiger partial charge in [0.15, 0.2) is 0 Å². The Balaban J connectivity index is 2.04. The van der Waals surface area contributed by atoms with Crippen LogP contribution in [0.25, 0.3) is 21.7 Å². The van der Waals surface area contributed by atoms with Gasteiger partial charge in [-0.3, -0.25) is 0 Å². The molecule has 2 aromatic carbocycles. The molecule has 20 heavy (non-hydrogen) atoms. The van der Waals surface area contributed by atoms with E-state index in [4.69, 9.17) is 16.0 Å². The summed E-state index contributed by atoms with van der Waals surface area (Å²) in [7, 11) is 0. The summed E-state index contributed by atoms with van der Waals surface area (Å²) in [6.45, 7) is 5.24. The molecule has 0 aliphatic rings. The van der Waals surface area contributed by atoms with Crippen LogP contribution >= 0.6 is 11.6 Å². The van der Waals surface area contributed by atoms with Crippen LogP contribution in [0.3, 0.4) is 0 Å². The lowest BCUT2D eigenvalue weighted by Crippen LogP contribution is -2.24. The molecule has 0 saturated carbocycles. The topological polar surface area (TPSA) is 25.2 Å². The fourth-order valence-electron chi connectivity index (χ4n) is 2.55. The van der Waals surface area contributed by atoms with Crippen molar-refractivity contribution in [2.45, 2.75) is 26.3 Å². The molecule has 3 heteroatoms. The molecule has 104 valence electrons. The lowest BCUT2D eigenvalue weighted by atomic mass is 10.0. The fraction of sp³-hybridized carbons (Fsp3) is 0.294. The SMILES string of the molecule is CC(C)NCCc1coc2c1cc(Cl)c1ccccc12. The highest BCUT2D eigenvalue weighted by atomic mass is 35.5. The third-order valence-electron chi connectivity index (χ3n) is 3.56. The number of hydrogen-bond donors (Lipinski definition) is 1. The highest BCUT2D eigenvalue weighted by Crippen LogP contribution is 2.34. The average Bonchev–Trinajstić information content (AvgIpc) is 2.82. The largest absolute Gasteiger partial charge is 0.463 e. The van der Waals surface area contributed by atoms with Crippen molar-refractivity contribution in [3.05, 3.63) is 47.2 Å². The molecular weight excluding hydrogens is 270 g/mol. The molecule has 3 rings (SSSR count). The summed E-state index contributed by atoms with van der Waals surface area (Å²) in [6, 6.07) is 10.6. The van der Waals surface area contributed by atoms with E-state index in [0.29, 0.717) is 6.04 Å². The second-order valence-corrected chi connectivity index (χ2v) is 5.81. The lowest BCUT2D eigenvalue weighted by molar-refractivity contribution is 0.581. The van der Waals surface area contributed by atoms with Crippen LogP contribution in [0.1, 0.15) is 19.4 Å². The maximum Gasteiger partial charge on any atom is 0.142 e. The van der Waals surface area contributed by atoms with Crippen molar-refractivity contribution in [2.75, 3.05) is 6.54 Å². The first kappa shape index (κ1) is 13.5. The molecule has 0 amide bonds. The summed E-state index contributed by atoms with van der Waals surface area (Å²) in [6.07, 6.45) is 2.80. The molecule has 2 nitrogen and oxygen atoms in total. The van der Waals surface area contributed by atoms with Gasteiger partial charge in [-0.25, -0.2) is 0 Å². The number of rotatable bonds is 4. The Morgan fingerprint density at radius 1 is 1.15 bits per heavy atom. The van der Waals surface area contributed by atoms with Crippen LogP contribution in [0.5, 0.6) is 0 Å². The zero-order valence-corrected chi connectivity index (χ0v) is 12.5. The minimum atomic E-state index is 0.498. The van der Waals surface area contributed by atoms with Crippen molar-refractivity contribution in [2.24, 2.45) is 0 Å². The van der Waals surface area contributed by atoms with E-state index in [1.807, 2.05) is 30.5 Å². The van der Waals surface area contributed by atoms with Crippen molar-refractivity contribution in [3.63, 3.8) is 0 Å². The molecule has 0 saturated heterocycles. The second kappa shape index (κ2) is 5.47. The van der Waals surface area contributed by atoms with Gasteiger partial charge in [-0.1, -0.05) is 49.7 Å².